The maximum Gasteiger partial charge on any atom is 0.240 e. The van der Waals surface area contributed by atoms with Crippen molar-refractivity contribution in [1.82, 2.24) is 24.6 Å². The number of anilines is 1. The first kappa shape index (κ1) is 21.8. The summed E-state index contributed by atoms with van der Waals surface area (Å²) < 4.78 is 26.6. The predicted molar refractivity (Wildman–Crippen MR) is 126 cm³/mol. The fraction of sp³-hybridized carbons (Fsp3) is 0.435. The molecule has 0 bridgehead atoms. The number of carbonyl (C=O) groups excluding carboxylic acids is 1. The van der Waals surface area contributed by atoms with E-state index < -0.39 is 10.0 Å². The van der Waals surface area contributed by atoms with E-state index in [9.17, 15) is 13.2 Å². The summed E-state index contributed by atoms with van der Waals surface area (Å²) in [6.07, 6.45) is 4.09. The van der Waals surface area contributed by atoms with Crippen LogP contribution in [0, 0.1) is 5.92 Å². The molecule has 1 aromatic carbocycles. The summed E-state index contributed by atoms with van der Waals surface area (Å²) in [5.41, 5.74) is 2.01. The van der Waals surface area contributed by atoms with E-state index in [4.69, 9.17) is 4.98 Å². The first-order valence-corrected chi connectivity index (χ1v) is 12.9. The second kappa shape index (κ2) is 8.75. The summed E-state index contributed by atoms with van der Waals surface area (Å²) in [5.74, 6) is 1.66. The Kier molecular flexibility index (Phi) is 5.79. The lowest BCUT2D eigenvalue weighted by atomic mass is 9.96. The molecule has 2 aliphatic rings. The molecule has 0 saturated carbocycles. The van der Waals surface area contributed by atoms with E-state index in [1.54, 1.807) is 18.2 Å². The number of H-pyrrole nitrogens is 1. The molecule has 9 nitrogen and oxygen atoms in total. The van der Waals surface area contributed by atoms with Gasteiger partial charge in [0.2, 0.25) is 15.9 Å². The first-order valence-electron chi connectivity index (χ1n) is 11.4. The molecule has 2 saturated heterocycles. The summed E-state index contributed by atoms with van der Waals surface area (Å²) in [6.45, 7) is 3.30. The molecule has 4 heterocycles. The number of fused-ring (bicyclic) bond motifs is 1. The number of sulfonamides is 1. The van der Waals surface area contributed by atoms with Crippen molar-refractivity contribution < 1.29 is 13.2 Å². The third-order valence-electron chi connectivity index (χ3n) is 6.53. The molecule has 10 heteroatoms. The average molecular weight is 469 g/mol. The Bertz CT molecular complexity index is 1280. The Morgan fingerprint density at radius 2 is 1.91 bits per heavy atom. The normalized spacial score (nSPS) is 19.4. The van der Waals surface area contributed by atoms with E-state index in [2.05, 4.69) is 19.6 Å². The topological polar surface area (TPSA) is 111 Å². The maximum absolute atomic E-state index is 12.9. The van der Waals surface area contributed by atoms with Gasteiger partial charge in [-0.05, 0) is 57.0 Å². The fourth-order valence-corrected chi connectivity index (χ4v) is 5.48. The van der Waals surface area contributed by atoms with Gasteiger partial charge >= 0.3 is 0 Å². The summed E-state index contributed by atoms with van der Waals surface area (Å²) in [7, 11) is -2.16. The van der Waals surface area contributed by atoms with Crippen molar-refractivity contribution in [3.05, 3.63) is 36.4 Å². The molecule has 1 atom stereocenters. The number of nitrogens with one attached hydrogen (secondary N) is 2. The molecule has 2 fully saturated rings. The molecule has 33 heavy (non-hydrogen) atoms. The minimum absolute atomic E-state index is 0.0148. The third kappa shape index (κ3) is 4.32. The molecule has 174 valence electrons. The van der Waals surface area contributed by atoms with Crippen LogP contribution in [0.25, 0.3) is 22.6 Å². The number of imidazole rings is 1. The number of piperidine rings is 1. The number of pyridine rings is 1. The van der Waals surface area contributed by atoms with Crippen LogP contribution in [-0.4, -0.2) is 67.4 Å². The Labute approximate surface area is 193 Å². The molecule has 0 spiro atoms. The van der Waals surface area contributed by atoms with Gasteiger partial charge in [-0.2, -0.15) is 0 Å². The van der Waals surface area contributed by atoms with Crippen LogP contribution in [0.4, 0.5) is 5.82 Å². The van der Waals surface area contributed by atoms with Gasteiger partial charge in [-0.3, -0.25) is 4.79 Å². The van der Waals surface area contributed by atoms with E-state index in [0.29, 0.717) is 23.6 Å². The molecule has 2 aliphatic heterocycles. The van der Waals surface area contributed by atoms with Gasteiger partial charge in [0.15, 0.2) is 5.65 Å². The second-order valence-corrected chi connectivity index (χ2v) is 10.6. The molecule has 3 aromatic rings. The van der Waals surface area contributed by atoms with Crippen LogP contribution >= 0.6 is 0 Å². The Morgan fingerprint density at radius 1 is 1.09 bits per heavy atom. The lowest BCUT2D eigenvalue weighted by molar-refractivity contribution is -0.134. The van der Waals surface area contributed by atoms with Crippen molar-refractivity contribution in [2.45, 2.75) is 30.6 Å². The average Bonchev–Trinajstić information content (AvgIpc) is 3.53. The monoisotopic (exact) mass is 468 g/mol. The molecule has 0 aliphatic carbocycles. The highest BCUT2D eigenvalue weighted by Gasteiger charge is 2.31. The summed E-state index contributed by atoms with van der Waals surface area (Å²) >= 11 is 0. The number of hydrogen-bond acceptors (Lipinski definition) is 6. The molecule has 0 radical (unpaired) electrons. The number of aromatic amines is 1. The van der Waals surface area contributed by atoms with Crippen LogP contribution in [0.5, 0.6) is 0 Å². The van der Waals surface area contributed by atoms with E-state index in [0.717, 1.165) is 56.7 Å². The highest BCUT2D eigenvalue weighted by molar-refractivity contribution is 7.89. The van der Waals surface area contributed by atoms with Gasteiger partial charge < -0.3 is 14.8 Å². The molecule has 5 rings (SSSR count). The Hall–Kier alpha value is -2.98. The number of amides is 1. The number of rotatable bonds is 5. The smallest absolute Gasteiger partial charge is 0.240 e. The minimum atomic E-state index is -3.54. The summed E-state index contributed by atoms with van der Waals surface area (Å²) in [4.78, 5) is 29.9. The number of carbonyl (C=O) groups is 1. The second-order valence-electron chi connectivity index (χ2n) is 8.68. The van der Waals surface area contributed by atoms with Crippen LogP contribution < -0.4 is 9.62 Å². The van der Waals surface area contributed by atoms with Gasteiger partial charge in [0.1, 0.15) is 11.6 Å². The molecule has 2 aromatic heterocycles. The zero-order chi connectivity index (χ0) is 23.0. The highest BCUT2D eigenvalue weighted by atomic mass is 32.2. The fourth-order valence-electron chi connectivity index (χ4n) is 4.71. The summed E-state index contributed by atoms with van der Waals surface area (Å²) in [5, 5.41) is 0. The lowest BCUT2D eigenvalue weighted by Gasteiger charge is -2.34. The SMILES string of the molecule is CNS(=O)(=O)c1cccc(-c2nc3nc(N4CCCC(C(=O)N5CCCC5)C4)ccc3[nH]2)c1. The van der Waals surface area contributed by atoms with Crippen molar-refractivity contribution in [3.8, 4) is 11.4 Å². The molecular formula is C23H28N6O3S. The van der Waals surface area contributed by atoms with Crippen molar-refractivity contribution in [2.24, 2.45) is 5.92 Å². The van der Waals surface area contributed by atoms with Gasteiger partial charge in [0, 0.05) is 31.7 Å². The van der Waals surface area contributed by atoms with E-state index in [1.807, 2.05) is 23.1 Å². The van der Waals surface area contributed by atoms with Gasteiger partial charge in [-0.1, -0.05) is 12.1 Å². The summed E-state index contributed by atoms with van der Waals surface area (Å²) in [6, 6.07) is 10.5. The number of likely N-dealkylation sites (tertiary alicyclic amines) is 1. The highest BCUT2D eigenvalue weighted by Crippen LogP contribution is 2.27. The number of aromatic nitrogens is 3. The molecule has 2 N–H and O–H groups in total. The van der Waals surface area contributed by atoms with Crippen LogP contribution in [0.1, 0.15) is 25.7 Å². The van der Waals surface area contributed by atoms with Crippen molar-refractivity contribution in [3.63, 3.8) is 0 Å². The van der Waals surface area contributed by atoms with Gasteiger partial charge in [0.25, 0.3) is 0 Å². The molecule has 1 amide bonds. The number of nitrogens with zero attached hydrogens (tertiary/aromatic N) is 4. The largest absolute Gasteiger partial charge is 0.356 e. The zero-order valence-corrected chi connectivity index (χ0v) is 19.4. The minimum Gasteiger partial charge on any atom is -0.356 e. The Balaban J connectivity index is 1.38. The quantitative estimate of drug-likeness (QED) is 0.595. The number of hydrogen-bond donors (Lipinski definition) is 2. The van der Waals surface area contributed by atoms with Gasteiger partial charge in [-0.25, -0.2) is 23.1 Å². The van der Waals surface area contributed by atoms with Crippen molar-refractivity contribution in [2.75, 3.05) is 38.1 Å². The van der Waals surface area contributed by atoms with Crippen molar-refractivity contribution in [1.29, 1.82) is 0 Å². The lowest BCUT2D eigenvalue weighted by Crippen LogP contribution is -2.44. The third-order valence-corrected chi connectivity index (χ3v) is 7.94. The van der Waals surface area contributed by atoms with Crippen LogP contribution in [0.15, 0.2) is 41.3 Å². The standard InChI is InChI=1S/C23H28N6O3S/c1-24-33(31,32)18-8-4-6-16(14-18)21-25-19-9-10-20(26-22(19)27-21)29-13-5-7-17(15-29)23(30)28-11-2-3-12-28/h4,6,8-10,14,17,24H,2-3,5,7,11-13,15H2,1H3,(H,25,26,27). The molecular weight excluding hydrogens is 440 g/mol. The first-order chi connectivity index (χ1) is 15.9. The predicted octanol–water partition coefficient (Wildman–Crippen LogP) is 2.37. The van der Waals surface area contributed by atoms with Gasteiger partial charge in [0.05, 0.1) is 16.3 Å². The molecule has 1 unspecified atom stereocenters. The van der Waals surface area contributed by atoms with Gasteiger partial charge in [-0.15, -0.1) is 0 Å². The van der Waals surface area contributed by atoms with E-state index in [1.165, 1.54) is 7.05 Å². The van der Waals surface area contributed by atoms with Crippen LogP contribution in [0.2, 0.25) is 0 Å². The zero-order valence-electron chi connectivity index (χ0n) is 18.6. The van der Waals surface area contributed by atoms with Crippen LogP contribution in [-0.2, 0) is 14.8 Å². The maximum atomic E-state index is 12.9. The van der Waals surface area contributed by atoms with Crippen molar-refractivity contribution >= 4 is 32.9 Å². The van der Waals surface area contributed by atoms with E-state index in [-0.39, 0.29) is 16.7 Å². The number of benzene rings is 1. The Morgan fingerprint density at radius 3 is 2.70 bits per heavy atom. The van der Waals surface area contributed by atoms with E-state index >= 15 is 0 Å². The van der Waals surface area contributed by atoms with Crippen LogP contribution in [0.3, 0.4) is 0 Å².